The highest BCUT2D eigenvalue weighted by atomic mass is 32.2. The first-order valence-electron chi connectivity index (χ1n) is 6.71. The van der Waals surface area contributed by atoms with Crippen LogP contribution in [0, 0.1) is 0 Å². The van der Waals surface area contributed by atoms with Crippen molar-refractivity contribution in [1.82, 2.24) is 0 Å². The lowest BCUT2D eigenvalue weighted by Crippen LogP contribution is -1.83. The summed E-state index contributed by atoms with van der Waals surface area (Å²) in [5.74, 6) is 3.57. The van der Waals surface area contributed by atoms with Crippen LogP contribution in [0.2, 0.25) is 0 Å². The summed E-state index contributed by atoms with van der Waals surface area (Å²) in [5, 5.41) is 9.45. The first-order chi connectivity index (χ1) is 8.76. The molecular formula is C15H26OS2. The third-order valence-electron chi connectivity index (χ3n) is 2.40. The molecular weight excluding hydrogens is 260 g/mol. The lowest BCUT2D eigenvalue weighted by Gasteiger charge is -2.03. The van der Waals surface area contributed by atoms with E-state index >= 15 is 0 Å². The van der Waals surface area contributed by atoms with E-state index in [9.17, 15) is 5.11 Å². The van der Waals surface area contributed by atoms with Gasteiger partial charge in [0, 0.05) is 11.3 Å². The summed E-state index contributed by atoms with van der Waals surface area (Å²) in [6.45, 7) is 4.36. The minimum atomic E-state index is 0.423. The number of rotatable bonds is 7. The highest BCUT2D eigenvalue weighted by molar-refractivity contribution is 7.98. The molecule has 0 aliphatic rings. The molecule has 0 bridgehead atoms. The van der Waals surface area contributed by atoms with Gasteiger partial charge in [0.2, 0.25) is 0 Å². The van der Waals surface area contributed by atoms with Gasteiger partial charge in [-0.1, -0.05) is 44.9 Å². The zero-order valence-corrected chi connectivity index (χ0v) is 13.3. The second-order valence-electron chi connectivity index (χ2n) is 4.11. The Kier molecular flexibility index (Phi) is 13.0. The fourth-order valence-corrected chi connectivity index (χ4v) is 2.64. The van der Waals surface area contributed by atoms with E-state index in [1.165, 1.54) is 31.4 Å². The predicted molar refractivity (Wildman–Crippen MR) is 87.9 cm³/mol. The molecule has 1 aromatic carbocycles. The van der Waals surface area contributed by atoms with Gasteiger partial charge < -0.3 is 5.11 Å². The zero-order chi connectivity index (χ0) is 13.6. The van der Waals surface area contributed by atoms with E-state index in [0.29, 0.717) is 5.75 Å². The molecule has 0 fully saturated rings. The quantitative estimate of drug-likeness (QED) is 0.534. The van der Waals surface area contributed by atoms with E-state index in [2.05, 4.69) is 26.5 Å². The van der Waals surface area contributed by atoms with Crippen molar-refractivity contribution < 1.29 is 5.11 Å². The number of para-hydroxylation sites is 1. The Morgan fingerprint density at radius 2 is 1.78 bits per heavy atom. The molecule has 0 amide bonds. The number of hydrogen-bond donors (Lipinski definition) is 2. The van der Waals surface area contributed by atoms with Crippen molar-refractivity contribution in [3.63, 3.8) is 0 Å². The van der Waals surface area contributed by atoms with Gasteiger partial charge in [0.15, 0.2) is 0 Å². The van der Waals surface area contributed by atoms with Gasteiger partial charge in [-0.05, 0) is 30.4 Å². The molecule has 1 nitrogen and oxygen atoms in total. The standard InChI is InChI=1S/C11H16OS.C4H10S/c1-2-3-8-13-9-10-6-4-5-7-11(10)12;1-2-3-4-5/h4-7,12H,2-3,8-9H2,1H3;5H,2-4H2,1H3. The molecule has 1 rings (SSSR count). The summed E-state index contributed by atoms with van der Waals surface area (Å²) >= 11 is 5.89. The lowest BCUT2D eigenvalue weighted by molar-refractivity contribution is 0.470. The molecule has 0 aliphatic heterocycles. The maximum atomic E-state index is 9.45. The Hall–Kier alpha value is -0.280. The molecule has 0 atom stereocenters. The van der Waals surface area contributed by atoms with Gasteiger partial charge in [0.05, 0.1) is 0 Å². The number of unbranched alkanes of at least 4 members (excludes halogenated alkanes) is 2. The van der Waals surface area contributed by atoms with Gasteiger partial charge in [-0.25, -0.2) is 0 Å². The Morgan fingerprint density at radius 1 is 1.11 bits per heavy atom. The molecule has 0 aliphatic carbocycles. The molecule has 18 heavy (non-hydrogen) atoms. The van der Waals surface area contributed by atoms with Crippen molar-refractivity contribution in [2.75, 3.05) is 11.5 Å². The molecule has 0 saturated heterocycles. The van der Waals surface area contributed by atoms with Crippen LogP contribution in [0.15, 0.2) is 24.3 Å². The molecule has 104 valence electrons. The Bertz CT molecular complexity index is 288. The Labute approximate surface area is 122 Å². The first-order valence-corrected chi connectivity index (χ1v) is 8.50. The summed E-state index contributed by atoms with van der Waals surface area (Å²) in [5.41, 5.74) is 1.05. The topological polar surface area (TPSA) is 20.2 Å². The van der Waals surface area contributed by atoms with Crippen LogP contribution >= 0.6 is 24.4 Å². The summed E-state index contributed by atoms with van der Waals surface area (Å²) in [7, 11) is 0. The number of thioether (sulfide) groups is 1. The Morgan fingerprint density at radius 3 is 2.28 bits per heavy atom. The third kappa shape index (κ3) is 9.72. The normalized spacial score (nSPS) is 9.72. The summed E-state index contributed by atoms with van der Waals surface area (Å²) in [6, 6.07) is 7.55. The Balaban J connectivity index is 0.000000494. The molecule has 0 unspecified atom stereocenters. The van der Waals surface area contributed by atoms with Gasteiger partial charge in [0.25, 0.3) is 0 Å². The molecule has 0 spiro atoms. The SMILES string of the molecule is CCCCS.CCCCSCc1ccccc1O. The van der Waals surface area contributed by atoms with Crippen LogP contribution in [-0.4, -0.2) is 16.6 Å². The van der Waals surface area contributed by atoms with E-state index in [1.807, 2.05) is 30.0 Å². The summed E-state index contributed by atoms with van der Waals surface area (Å²) in [6.07, 6.45) is 5.03. The average Bonchev–Trinajstić information content (AvgIpc) is 2.38. The van der Waals surface area contributed by atoms with E-state index in [-0.39, 0.29) is 0 Å². The molecule has 0 heterocycles. The monoisotopic (exact) mass is 286 g/mol. The van der Waals surface area contributed by atoms with Crippen molar-refractivity contribution in [2.24, 2.45) is 0 Å². The van der Waals surface area contributed by atoms with Crippen LogP contribution in [0.5, 0.6) is 5.75 Å². The number of hydrogen-bond acceptors (Lipinski definition) is 3. The summed E-state index contributed by atoms with van der Waals surface area (Å²) < 4.78 is 0. The van der Waals surface area contributed by atoms with E-state index in [0.717, 1.165) is 17.1 Å². The third-order valence-corrected chi connectivity index (χ3v) is 3.81. The smallest absolute Gasteiger partial charge is 0.119 e. The van der Waals surface area contributed by atoms with Crippen LogP contribution < -0.4 is 0 Å². The average molecular weight is 287 g/mol. The zero-order valence-electron chi connectivity index (χ0n) is 11.6. The molecule has 0 aromatic heterocycles. The fraction of sp³-hybridized carbons (Fsp3) is 0.600. The second-order valence-corrected chi connectivity index (χ2v) is 5.66. The van der Waals surface area contributed by atoms with Gasteiger partial charge in [0.1, 0.15) is 5.75 Å². The minimum Gasteiger partial charge on any atom is -0.508 e. The van der Waals surface area contributed by atoms with Gasteiger partial charge in [-0.2, -0.15) is 24.4 Å². The van der Waals surface area contributed by atoms with E-state index < -0.39 is 0 Å². The molecule has 0 radical (unpaired) electrons. The minimum absolute atomic E-state index is 0.423. The van der Waals surface area contributed by atoms with Crippen molar-refractivity contribution in [3.05, 3.63) is 29.8 Å². The second kappa shape index (κ2) is 13.2. The number of benzene rings is 1. The van der Waals surface area contributed by atoms with Crippen molar-refractivity contribution in [3.8, 4) is 5.75 Å². The molecule has 1 N–H and O–H groups in total. The van der Waals surface area contributed by atoms with Crippen molar-refractivity contribution in [2.45, 2.75) is 45.3 Å². The van der Waals surface area contributed by atoms with E-state index in [4.69, 9.17) is 0 Å². The van der Waals surface area contributed by atoms with E-state index in [1.54, 1.807) is 6.07 Å². The predicted octanol–water partition coefficient (Wildman–Crippen LogP) is 5.14. The summed E-state index contributed by atoms with van der Waals surface area (Å²) in [4.78, 5) is 0. The number of thiol groups is 1. The number of phenolic OH excluding ortho intramolecular Hbond substituents is 1. The van der Waals surface area contributed by atoms with Crippen LogP contribution in [0.3, 0.4) is 0 Å². The lowest BCUT2D eigenvalue weighted by atomic mass is 10.2. The molecule has 0 saturated carbocycles. The highest BCUT2D eigenvalue weighted by Gasteiger charge is 1.98. The van der Waals surface area contributed by atoms with Crippen molar-refractivity contribution >= 4 is 24.4 Å². The molecule has 3 heteroatoms. The van der Waals surface area contributed by atoms with Crippen LogP contribution in [0.1, 0.15) is 45.1 Å². The highest BCUT2D eigenvalue weighted by Crippen LogP contribution is 2.21. The fourth-order valence-electron chi connectivity index (χ4n) is 1.22. The number of phenols is 1. The molecule has 1 aromatic rings. The maximum Gasteiger partial charge on any atom is 0.119 e. The van der Waals surface area contributed by atoms with Crippen LogP contribution in [0.25, 0.3) is 0 Å². The van der Waals surface area contributed by atoms with Gasteiger partial charge in [-0.15, -0.1) is 0 Å². The maximum absolute atomic E-state index is 9.45. The van der Waals surface area contributed by atoms with Crippen LogP contribution in [0.4, 0.5) is 0 Å². The van der Waals surface area contributed by atoms with Gasteiger partial charge in [-0.3, -0.25) is 0 Å². The van der Waals surface area contributed by atoms with Crippen molar-refractivity contribution in [1.29, 1.82) is 0 Å². The largest absolute Gasteiger partial charge is 0.508 e. The van der Waals surface area contributed by atoms with Crippen LogP contribution in [-0.2, 0) is 5.75 Å². The number of aromatic hydroxyl groups is 1. The van der Waals surface area contributed by atoms with Gasteiger partial charge >= 0.3 is 0 Å². The first kappa shape index (κ1) is 17.7.